The molecule has 8 heteroatoms. The van der Waals surface area contributed by atoms with Crippen LogP contribution >= 0.6 is 22.9 Å². The second-order valence-corrected chi connectivity index (χ2v) is 9.35. The highest BCUT2D eigenvalue weighted by Crippen LogP contribution is 2.30. The number of fused-ring (bicyclic) bond motifs is 2. The second-order valence-electron chi connectivity index (χ2n) is 8.01. The lowest BCUT2D eigenvalue weighted by atomic mass is 10.0. The first-order valence-electron chi connectivity index (χ1n) is 10.7. The standard InChI is InChI=1S/C26H20ClN3O3S/c27-18-6-9-24-20(11-18)17(14-34-24)10-25(31)29-19-7-8-22-21(12-19)28-15-30(22)23(13-26(32)33)16-4-2-1-3-5-16/h1-9,11-12,14-15,23H,10,13H2,(H,29,31)(H,32,33). The van der Waals surface area contributed by atoms with Gasteiger partial charge in [-0.15, -0.1) is 11.3 Å². The van der Waals surface area contributed by atoms with Crippen LogP contribution in [0.5, 0.6) is 0 Å². The van der Waals surface area contributed by atoms with E-state index in [-0.39, 0.29) is 24.8 Å². The number of aromatic nitrogens is 2. The summed E-state index contributed by atoms with van der Waals surface area (Å²) in [6, 6.07) is 20.3. The quantitative estimate of drug-likeness (QED) is 0.287. The first-order chi connectivity index (χ1) is 16.5. The van der Waals surface area contributed by atoms with Gasteiger partial charge in [0.1, 0.15) is 0 Å². The Morgan fingerprint density at radius 3 is 2.71 bits per heavy atom. The molecule has 5 rings (SSSR count). The first-order valence-corrected chi connectivity index (χ1v) is 11.9. The van der Waals surface area contributed by atoms with Crippen molar-refractivity contribution in [1.82, 2.24) is 9.55 Å². The number of thiophene rings is 1. The van der Waals surface area contributed by atoms with Crippen LogP contribution in [-0.2, 0) is 16.0 Å². The van der Waals surface area contributed by atoms with Gasteiger partial charge < -0.3 is 15.0 Å². The van der Waals surface area contributed by atoms with E-state index in [2.05, 4.69) is 10.3 Å². The van der Waals surface area contributed by atoms with E-state index in [0.29, 0.717) is 16.2 Å². The number of aliphatic carboxylic acids is 1. The molecule has 0 saturated carbocycles. The summed E-state index contributed by atoms with van der Waals surface area (Å²) in [5.74, 6) is -1.02. The summed E-state index contributed by atoms with van der Waals surface area (Å²) in [7, 11) is 0. The molecule has 0 bridgehead atoms. The Hall–Kier alpha value is -3.68. The molecule has 2 N–H and O–H groups in total. The summed E-state index contributed by atoms with van der Waals surface area (Å²) >= 11 is 7.71. The monoisotopic (exact) mass is 489 g/mol. The molecular formula is C26H20ClN3O3S. The van der Waals surface area contributed by atoms with Crippen LogP contribution in [0, 0.1) is 0 Å². The maximum atomic E-state index is 12.7. The minimum absolute atomic E-state index is 0.0629. The number of anilines is 1. The predicted octanol–water partition coefficient (Wildman–Crippen LogP) is 6.15. The highest BCUT2D eigenvalue weighted by Gasteiger charge is 2.20. The van der Waals surface area contributed by atoms with Gasteiger partial charge in [0.15, 0.2) is 0 Å². The van der Waals surface area contributed by atoms with Crippen molar-refractivity contribution in [3.8, 4) is 0 Å². The summed E-state index contributed by atoms with van der Waals surface area (Å²) in [5, 5.41) is 16.0. The van der Waals surface area contributed by atoms with Crippen molar-refractivity contribution >= 4 is 61.6 Å². The van der Waals surface area contributed by atoms with Crippen LogP contribution in [0.4, 0.5) is 5.69 Å². The number of halogens is 1. The fourth-order valence-electron chi connectivity index (χ4n) is 4.14. The first kappa shape index (κ1) is 22.1. The average Bonchev–Trinajstić information content (AvgIpc) is 3.41. The van der Waals surface area contributed by atoms with E-state index in [4.69, 9.17) is 11.6 Å². The highest BCUT2D eigenvalue weighted by molar-refractivity contribution is 7.17. The second kappa shape index (κ2) is 9.29. The summed E-state index contributed by atoms with van der Waals surface area (Å²) in [6.07, 6.45) is 1.83. The van der Waals surface area contributed by atoms with Crippen molar-refractivity contribution in [2.45, 2.75) is 18.9 Å². The minimum atomic E-state index is -0.887. The number of amides is 1. The van der Waals surface area contributed by atoms with Gasteiger partial charge in [-0.3, -0.25) is 9.59 Å². The number of carbonyl (C=O) groups excluding carboxylic acids is 1. The topological polar surface area (TPSA) is 84.2 Å². The lowest BCUT2D eigenvalue weighted by Gasteiger charge is -2.18. The number of carboxylic acids is 1. The van der Waals surface area contributed by atoms with Crippen molar-refractivity contribution < 1.29 is 14.7 Å². The van der Waals surface area contributed by atoms with E-state index in [1.807, 2.05) is 70.6 Å². The van der Waals surface area contributed by atoms with Crippen molar-refractivity contribution in [2.75, 3.05) is 5.32 Å². The van der Waals surface area contributed by atoms with E-state index < -0.39 is 5.97 Å². The van der Waals surface area contributed by atoms with E-state index >= 15 is 0 Å². The number of nitrogens with zero attached hydrogens (tertiary/aromatic N) is 2. The molecule has 6 nitrogen and oxygen atoms in total. The Balaban J connectivity index is 1.38. The molecule has 0 fully saturated rings. The van der Waals surface area contributed by atoms with E-state index in [0.717, 1.165) is 26.7 Å². The Labute approximate surface area is 204 Å². The zero-order chi connectivity index (χ0) is 23.7. The molecule has 0 radical (unpaired) electrons. The van der Waals surface area contributed by atoms with Gasteiger partial charge in [0, 0.05) is 15.4 Å². The fourth-order valence-corrected chi connectivity index (χ4v) is 5.26. The molecule has 34 heavy (non-hydrogen) atoms. The third kappa shape index (κ3) is 4.53. The lowest BCUT2D eigenvalue weighted by molar-refractivity contribution is -0.137. The molecule has 1 amide bonds. The molecule has 0 saturated heterocycles. The van der Waals surface area contributed by atoms with Gasteiger partial charge in [0.05, 0.1) is 36.2 Å². The number of hydrogen-bond acceptors (Lipinski definition) is 4. The van der Waals surface area contributed by atoms with Crippen LogP contribution in [-0.4, -0.2) is 26.5 Å². The largest absolute Gasteiger partial charge is 0.481 e. The number of rotatable bonds is 7. The van der Waals surface area contributed by atoms with E-state index in [1.165, 1.54) is 0 Å². The summed E-state index contributed by atoms with van der Waals surface area (Å²) < 4.78 is 2.96. The third-order valence-corrected chi connectivity index (χ3v) is 6.96. The molecule has 0 spiro atoms. The molecule has 1 unspecified atom stereocenters. The van der Waals surface area contributed by atoms with Crippen molar-refractivity contribution in [2.24, 2.45) is 0 Å². The molecule has 170 valence electrons. The van der Waals surface area contributed by atoms with Gasteiger partial charge in [-0.05, 0) is 58.3 Å². The molecule has 2 heterocycles. The van der Waals surface area contributed by atoms with Gasteiger partial charge in [-0.2, -0.15) is 0 Å². The van der Waals surface area contributed by atoms with Crippen molar-refractivity contribution in [3.63, 3.8) is 0 Å². The van der Waals surface area contributed by atoms with Gasteiger partial charge >= 0.3 is 5.97 Å². The van der Waals surface area contributed by atoms with Gasteiger partial charge in [0.25, 0.3) is 0 Å². The van der Waals surface area contributed by atoms with Crippen LogP contribution in [0.25, 0.3) is 21.1 Å². The molecule has 0 aliphatic carbocycles. The molecular weight excluding hydrogens is 470 g/mol. The number of benzene rings is 3. The predicted molar refractivity (Wildman–Crippen MR) is 136 cm³/mol. The van der Waals surface area contributed by atoms with Crippen molar-refractivity contribution in [3.05, 3.63) is 94.6 Å². The molecule has 2 aromatic heterocycles. The molecule has 0 aliphatic rings. The Morgan fingerprint density at radius 1 is 1.09 bits per heavy atom. The zero-order valence-electron chi connectivity index (χ0n) is 17.9. The van der Waals surface area contributed by atoms with E-state index in [1.54, 1.807) is 23.7 Å². The number of carbonyl (C=O) groups is 2. The van der Waals surface area contributed by atoms with Crippen molar-refractivity contribution in [1.29, 1.82) is 0 Å². The maximum absolute atomic E-state index is 12.7. The number of imidazole rings is 1. The SMILES string of the molecule is O=C(O)CC(c1ccccc1)n1cnc2cc(NC(=O)Cc3csc4ccc(Cl)cc34)ccc21. The minimum Gasteiger partial charge on any atom is -0.481 e. The normalized spacial score (nSPS) is 12.1. The summed E-state index contributed by atoms with van der Waals surface area (Å²) in [6.45, 7) is 0. The van der Waals surface area contributed by atoms with Crippen LogP contribution in [0.2, 0.25) is 5.02 Å². The molecule has 3 aromatic carbocycles. The zero-order valence-corrected chi connectivity index (χ0v) is 19.5. The number of hydrogen-bond donors (Lipinski definition) is 2. The Morgan fingerprint density at radius 2 is 1.91 bits per heavy atom. The number of carboxylic acid groups (broad SMARTS) is 1. The van der Waals surface area contributed by atoms with Gasteiger partial charge in [-0.25, -0.2) is 4.98 Å². The van der Waals surface area contributed by atoms with Crippen LogP contribution < -0.4 is 5.32 Å². The van der Waals surface area contributed by atoms with Gasteiger partial charge in [0.2, 0.25) is 5.91 Å². The van der Waals surface area contributed by atoms with Crippen LogP contribution in [0.3, 0.4) is 0 Å². The lowest BCUT2D eigenvalue weighted by Crippen LogP contribution is -2.15. The molecule has 1 atom stereocenters. The molecule has 5 aromatic rings. The summed E-state index contributed by atoms with van der Waals surface area (Å²) in [4.78, 5) is 28.7. The Bertz CT molecular complexity index is 1510. The highest BCUT2D eigenvalue weighted by atomic mass is 35.5. The summed E-state index contributed by atoms with van der Waals surface area (Å²) in [5.41, 5.74) is 3.94. The Kier molecular flexibility index (Phi) is 6.04. The van der Waals surface area contributed by atoms with E-state index in [9.17, 15) is 14.7 Å². The fraction of sp³-hybridized carbons (Fsp3) is 0.115. The number of nitrogens with one attached hydrogen (secondary N) is 1. The average molecular weight is 490 g/mol. The van der Waals surface area contributed by atoms with Crippen LogP contribution in [0.15, 0.2) is 78.4 Å². The third-order valence-electron chi connectivity index (χ3n) is 5.71. The smallest absolute Gasteiger partial charge is 0.305 e. The molecule has 0 aliphatic heterocycles. The van der Waals surface area contributed by atoms with Crippen LogP contribution in [0.1, 0.15) is 23.6 Å². The maximum Gasteiger partial charge on any atom is 0.305 e. The van der Waals surface area contributed by atoms with Gasteiger partial charge in [-0.1, -0.05) is 41.9 Å².